The van der Waals surface area contributed by atoms with Crippen LogP contribution in [0.5, 0.6) is 0 Å². The van der Waals surface area contributed by atoms with Crippen molar-refractivity contribution in [2.24, 2.45) is 0 Å². The van der Waals surface area contributed by atoms with Gasteiger partial charge < -0.3 is 9.64 Å². The predicted molar refractivity (Wildman–Crippen MR) is 128 cm³/mol. The van der Waals surface area contributed by atoms with Gasteiger partial charge in [-0.25, -0.2) is 18.2 Å². The number of fused-ring (bicyclic) bond motifs is 1. The Bertz CT molecular complexity index is 1380. The third-order valence-electron chi connectivity index (χ3n) is 5.32. The number of hydrogen-bond acceptors (Lipinski definition) is 9. The van der Waals surface area contributed by atoms with Gasteiger partial charge in [-0.2, -0.15) is 4.31 Å². The van der Waals surface area contributed by atoms with Crippen molar-refractivity contribution in [3.05, 3.63) is 58.1 Å². The highest BCUT2D eigenvalue weighted by Crippen LogP contribution is 2.29. The summed E-state index contributed by atoms with van der Waals surface area (Å²) < 4.78 is 32.9. The van der Waals surface area contributed by atoms with E-state index >= 15 is 0 Å². The Hall–Kier alpha value is -3.62. The minimum Gasteiger partial charge on any atom is -0.450 e. The van der Waals surface area contributed by atoms with Gasteiger partial charge in [0.05, 0.1) is 26.6 Å². The molecule has 2 amide bonds. The minimum absolute atomic E-state index is 0.0333. The van der Waals surface area contributed by atoms with E-state index in [1.807, 2.05) is 0 Å². The number of anilines is 1. The SMILES string of the molecule is CCOC(=O)N1CCN(S(=O)(=O)c2ccc(C(=O)Nc3nc4cc([N+](=O)[O-])ccc4s3)cc2)CC1. The summed E-state index contributed by atoms with van der Waals surface area (Å²) in [6.07, 6.45) is -0.466. The van der Waals surface area contributed by atoms with E-state index in [1.165, 1.54) is 56.9 Å². The summed E-state index contributed by atoms with van der Waals surface area (Å²) in [4.78, 5) is 40.5. The first kappa shape index (κ1) is 24.5. The standard InChI is InChI=1S/C21H21N5O7S2/c1-2-33-21(28)24-9-11-25(12-10-24)35(31,32)16-6-3-14(4-7-16)19(27)23-20-22-17-13-15(26(29)30)5-8-18(17)34-20/h3-8,13H,2,9-12H2,1H3,(H,22,23,27). The number of non-ortho nitro benzene ring substituents is 1. The third-order valence-corrected chi connectivity index (χ3v) is 8.19. The molecule has 2 heterocycles. The zero-order valence-corrected chi connectivity index (χ0v) is 20.2. The highest BCUT2D eigenvalue weighted by molar-refractivity contribution is 7.89. The minimum atomic E-state index is -3.80. The third kappa shape index (κ3) is 5.23. The van der Waals surface area contributed by atoms with Crippen LogP contribution in [0.4, 0.5) is 15.6 Å². The lowest BCUT2D eigenvalue weighted by Crippen LogP contribution is -2.50. The number of benzene rings is 2. The van der Waals surface area contributed by atoms with Gasteiger partial charge in [-0.15, -0.1) is 0 Å². The van der Waals surface area contributed by atoms with Crippen LogP contribution in [0, 0.1) is 10.1 Å². The molecular formula is C21H21N5O7S2. The van der Waals surface area contributed by atoms with E-state index in [-0.39, 0.29) is 54.1 Å². The number of hydrogen-bond donors (Lipinski definition) is 1. The topological polar surface area (TPSA) is 152 Å². The molecule has 12 nitrogen and oxygen atoms in total. The molecule has 0 saturated carbocycles. The van der Waals surface area contributed by atoms with Crippen LogP contribution in [0.2, 0.25) is 0 Å². The first-order chi connectivity index (χ1) is 16.7. The maximum absolute atomic E-state index is 13.0. The second-order valence-electron chi connectivity index (χ2n) is 7.50. The number of nitro groups is 1. The second-order valence-corrected chi connectivity index (χ2v) is 10.5. The van der Waals surface area contributed by atoms with Crippen molar-refractivity contribution < 1.29 is 27.7 Å². The molecule has 2 aromatic carbocycles. The summed E-state index contributed by atoms with van der Waals surface area (Å²) in [6, 6.07) is 9.75. The van der Waals surface area contributed by atoms with Crippen molar-refractivity contribution in [3.63, 3.8) is 0 Å². The number of amides is 2. The number of rotatable bonds is 6. The summed E-state index contributed by atoms with van der Waals surface area (Å²) in [5.74, 6) is -0.495. The number of nitrogens with one attached hydrogen (secondary N) is 1. The molecule has 0 aliphatic carbocycles. The normalized spacial score (nSPS) is 14.6. The zero-order chi connectivity index (χ0) is 25.2. The molecule has 1 aliphatic heterocycles. The molecule has 1 fully saturated rings. The van der Waals surface area contributed by atoms with Crippen LogP contribution in [0.25, 0.3) is 10.2 Å². The van der Waals surface area contributed by atoms with Crippen molar-refractivity contribution in [1.29, 1.82) is 0 Å². The van der Waals surface area contributed by atoms with Crippen molar-refractivity contribution in [3.8, 4) is 0 Å². The number of aromatic nitrogens is 1. The Labute approximate surface area is 204 Å². The Morgan fingerprint density at radius 3 is 2.46 bits per heavy atom. The molecule has 1 aromatic heterocycles. The molecule has 0 bridgehead atoms. The Morgan fingerprint density at radius 2 is 1.83 bits per heavy atom. The lowest BCUT2D eigenvalue weighted by atomic mass is 10.2. The number of nitrogens with zero attached hydrogens (tertiary/aromatic N) is 4. The maximum Gasteiger partial charge on any atom is 0.409 e. The van der Waals surface area contributed by atoms with E-state index in [4.69, 9.17) is 4.74 Å². The molecular weight excluding hydrogens is 498 g/mol. The highest BCUT2D eigenvalue weighted by Gasteiger charge is 2.30. The molecule has 14 heteroatoms. The van der Waals surface area contributed by atoms with Crippen LogP contribution in [0.15, 0.2) is 47.4 Å². The Kier molecular flexibility index (Phi) is 6.95. The molecule has 1 N–H and O–H groups in total. The number of piperazine rings is 1. The molecule has 0 radical (unpaired) electrons. The zero-order valence-electron chi connectivity index (χ0n) is 18.5. The number of thiazole rings is 1. The van der Waals surface area contributed by atoms with Gasteiger partial charge in [0.1, 0.15) is 0 Å². The molecule has 0 atom stereocenters. The van der Waals surface area contributed by atoms with Gasteiger partial charge in [-0.05, 0) is 37.3 Å². The van der Waals surface area contributed by atoms with Crippen LogP contribution in [-0.2, 0) is 14.8 Å². The monoisotopic (exact) mass is 519 g/mol. The quantitative estimate of drug-likeness (QED) is 0.385. The van der Waals surface area contributed by atoms with Crippen LogP contribution < -0.4 is 5.32 Å². The van der Waals surface area contributed by atoms with E-state index in [2.05, 4.69) is 10.3 Å². The van der Waals surface area contributed by atoms with Crippen molar-refractivity contribution >= 4 is 54.4 Å². The summed E-state index contributed by atoms with van der Waals surface area (Å²) >= 11 is 1.17. The van der Waals surface area contributed by atoms with Crippen LogP contribution in [0.1, 0.15) is 17.3 Å². The predicted octanol–water partition coefficient (Wildman–Crippen LogP) is 2.92. The molecule has 4 rings (SSSR count). The van der Waals surface area contributed by atoms with Gasteiger partial charge in [0.25, 0.3) is 11.6 Å². The molecule has 35 heavy (non-hydrogen) atoms. The lowest BCUT2D eigenvalue weighted by Gasteiger charge is -2.33. The molecule has 0 unspecified atom stereocenters. The van der Waals surface area contributed by atoms with Crippen LogP contribution >= 0.6 is 11.3 Å². The fourth-order valence-corrected chi connectivity index (χ4v) is 5.77. The van der Waals surface area contributed by atoms with Gasteiger partial charge in [0.15, 0.2) is 5.13 Å². The lowest BCUT2D eigenvalue weighted by molar-refractivity contribution is -0.384. The van der Waals surface area contributed by atoms with E-state index < -0.39 is 26.9 Å². The molecule has 0 spiro atoms. The first-order valence-corrected chi connectivity index (χ1v) is 12.8. The Balaban J connectivity index is 1.42. The van der Waals surface area contributed by atoms with Gasteiger partial charge in [0.2, 0.25) is 10.0 Å². The summed E-state index contributed by atoms with van der Waals surface area (Å²) in [5.41, 5.74) is 0.519. The molecule has 3 aromatic rings. The molecule has 1 aliphatic rings. The summed E-state index contributed by atoms with van der Waals surface area (Å²) in [6.45, 7) is 2.68. The fourth-order valence-electron chi connectivity index (χ4n) is 3.51. The number of nitro benzene ring substituents is 1. The smallest absolute Gasteiger partial charge is 0.409 e. The van der Waals surface area contributed by atoms with Crippen molar-refractivity contribution in [2.45, 2.75) is 11.8 Å². The van der Waals surface area contributed by atoms with Crippen LogP contribution in [-0.4, -0.2) is 72.3 Å². The van der Waals surface area contributed by atoms with Gasteiger partial charge in [-0.1, -0.05) is 11.3 Å². The molecule has 184 valence electrons. The second kappa shape index (κ2) is 9.93. The average molecular weight is 520 g/mol. The average Bonchev–Trinajstić information content (AvgIpc) is 3.25. The fraction of sp³-hybridized carbons (Fsp3) is 0.286. The first-order valence-electron chi connectivity index (χ1n) is 10.6. The van der Waals surface area contributed by atoms with E-state index in [1.54, 1.807) is 13.0 Å². The van der Waals surface area contributed by atoms with Crippen molar-refractivity contribution in [1.82, 2.24) is 14.2 Å². The Morgan fingerprint density at radius 1 is 1.14 bits per heavy atom. The van der Waals surface area contributed by atoms with Crippen LogP contribution in [0.3, 0.4) is 0 Å². The van der Waals surface area contributed by atoms with E-state index in [0.717, 1.165) is 0 Å². The summed E-state index contributed by atoms with van der Waals surface area (Å²) in [5, 5.41) is 13.8. The van der Waals surface area contributed by atoms with E-state index in [0.29, 0.717) is 10.2 Å². The highest BCUT2D eigenvalue weighted by atomic mass is 32.2. The summed E-state index contributed by atoms with van der Waals surface area (Å²) in [7, 11) is -3.80. The van der Waals surface area contributed by atoms with E-state index in [9.17, 15) is 28.1 Å². The van der Waals surface area contributed by atoms with Gasteiger partial charge in [-0.3, -0.25) is 20.2 Å². The number of carbonyl (C=O) groups excluding carboxylic acids is 2. The van der Waals surface area contributed by atoms with Gasteiger partial charge >= 0.3 is 6.09 Å². The number of ether oxygens (including phenoxy) is 1. The van der Waals surface area contributed by atoms with Gasteiger partial charge in [0, 0.05) is 43.9 Å². The molecule has 1 saturated heterocycles. The van der Waals surface area contributed by atoms with Crippen molar-refractivity contribution in [2.75, 3.05) is 38.1 Å². The largest absolute Gasteiger partial charge is 0.450 e. The maximum atomic E-state index is 13.0. The number of sulfonamides is 1. The number of carbonyl (C=O) groups is 2.